The molecule has 94 valence electrons. The number of benzene rings is 1. The van der Waals surface area contributed by atoms with Gasteiger partial charge in [-0.3, -0.25) is 0 Å². The first kappa shape index (κ1) is 13.1. The van der Waals surface area contributed by atoms with E-state index in [1.165, 1.54) is 16.7 Å². The summed E-state index contributed by atoms with van der Waals surface area (Å²) in [5, 5.41) is 0.822. The van der Waals surface area contributed by atoms with Gasteiger partial charge >= 0.3 is 0 Å². The summed E-state index contributed by atoms with van der Waals surface area (Å²) in [6.07, 6.45) is 3.69. The van der Waals surface area contributed by atoms with Crippen LogP contribution in [0, 0.1) is 13.8 Å². The summed E-state index contributed by atoms with van der Waals surface area (Å²) in [6, 6.07) is 6.36. The molecule has 1 heterocycles. The number of nitrogens with two attached hydrogens (primary N) is 1. The zero-order valence-electron chi connectivity index (χ0n) is 10.7. The fourth-order valence-electron chi connectivity index (χ4n) is 1.64. The maximum Gasteiger partial charge on any atom is 0.187 e. The molecule has 2 rings (SSSR count). The van der Waals surface area contributed by atoms with E-state index < -0.39 is 0 Å². The lowest BCUT2D eigenvalue weighted by Crippen LogP contribution is -1.98. The highest BCUT2D eigenvalue weighted by atomic mass is 32.2. The Labute approximate surface area is 112 Å². The number of hydrogen-bond acceptors (Lipinski definition) is 4. The van der Waals surface area contributed by atoms with Crippen LogP contribution in [0.5, 0.6) is 0 Å². The van der Waals surface area contributed by atoms with Crippen LogP contribution in [0.4, 0.5) is 0 Å². The van der Waals surface area contributed by atoms with Gasteiger partial charge in [0.1, 0.15) is 0 Å². The van der Waals surface area contributed by atoms with Gasteiger partial charge in [0, 0.05) is 24.7 Å². The minimum Gasteiger partial charge on any atom is -0.326 e. The molecule has 3 nitrogen and oxygen atoms in total. The van der Waals surface area contributed by atoms with E-state index in [-0.39, 0.29) is 0 Å². The zero-order chi connectivity index (χ0) is 13.0. The van der Waals surface area contributed by atoms with Gasteiger partial charge in [-0.1, -0.05) is 30.0 Å². The van der Waals surface area contributed by atoms with Crippen LogP contribution in [-0.4, -0.2) is 9.97 Å². The Hall–Kier alpha value is -1.39. The molecule has 0 atom stereocenters. The van der Waals surface area contributed by atoms with Crippen molar-refractivity contribution in [3.63, 3.8) is 0 Å². The lowest BCUT2D eigenvalue weighted by molar-refractivity contribution is 0.949. The smallest absolute Gasteiger partial charge is 0.187 e. The summed E-state index contributed by atoms with van der Waals surface area (Å²) in [5.74, 6) is 0.889. The van der Waals surface area contributed by atoms with Gasteiger partial charge < -0.3 is 5.73 Å². The van der Waals surface area contributed by atoms with Crippen LogP contribution in [0.15, 0.2) is 35.7 Å². The quantitative estimate of drug-likeness (QED) is 0.677. The number of aromatic nitrogens is 2. The first-order valence-electron chi connectivity index (χ1n) is 5.89. The molecule has 0 radical (unpaired) electrons. The van der Waals surface area contributed by atoms with Crippen molar-refractivity contribution >= 4 is 11.8 Å². The second kappa shape index (κ2) is 5.98. The number of rotatable bonds is 4. The first-order chi connectivity index (χ1) is 8.69. The Kier molecular flexibility index (Phi) is 4.33. The molecule has 0 saturated heterocycles. The van der Waals surface area contributed by atoms with E-state index in [2.05, 4.69) is 35.1 Å². The normalized spacial score (nSPS) is 10.6. The fraction of sp³-hybridized carbons (Fsp3) is 0.286. The predicted molar refractivity (Wildman–Crippen MR) is 75.4 cm³/mol. The van der Waals surface area contributed by atoms with Crippen LogP contribution in [-0.2, 0) is 12.3 Å². The van der Waals surface area contributed by atoms with Crippen molar-refractivity contribution in [3.05, 3.63) is 52.8 Å². The van der Waals surface area contributed by atoms with E-state index in [1.807, 2.05) is 19.3 Å². The molecule has 18 heavy (non-hydrogen) atoms. The van der Waals surface area contributed by atoms with E-state index >= 15 is 0 Å². The lowest BCUT2D eigenvalue weighted by Gasteiger charge is -2.07. The summed E-state index contributed by atoms with van der Waals surface area (Å²) in [7, 11) is 0. The zero-order valence-corrected chi connectivity index (χ0v) is 11.5. The molecule has 4 heteroatoms. The van der Waals surface area contributed by atoms with Crippen molar-refractivity contribution < 1.29 is 0 Å². The van der Waals surface area contributed by atoms with Crippen molar-refractivity contribution in [3.8, 4) is 0 Å². The second-order valence-electron chi connectivity index (χ2n) is 4.30. The largest absolute Gasteiger partial charge is 0.326 e. The molecule has 0 spiro atoms. The second-order valence-corrected chi connectivity index (χ2v) is 5.24. The van der Waals surface area contributed by atoms with E-state index in [9.17, 15) is 0 Å². The molecule has 0 fully saturated rings. The van der Waals surface area contributed by atoms with Gasteiger partial charge in [-0.2, -0.15) is 0 Å². The van der Waals surface area contributed by atoms with Gasteiger partial charge in [0.05, 0.1) is 0 Å². The minimum atomic E-state index is 0.593. The van der Waals surface area contributed by atoms with Gasteiger partial charge in [-0.25, -0.2) is 9.97 Å². The third kappa shape index (κ3) is 3.31. The van der Waals surface area contributed by atoms with Crippen molar-refractivity contribution in [1.29, 1.82) is 0 Å². The Morgan fingerprint density at radius 1 is 1.17 bits per heavy atom. The summed E-state index contributed by atoms with van der Waals surface area (Å²) >= 11 is 1.66. The lowest BCUT2D eigenvalue weighted by atomic mass is 10.1. The highest BCUT2D eigenvalue weighted by Gasteiger charge is 2.02. The molecule has 2 aromatic rings. The number of aryl methyl sites for hydroxylation is 2. The molecule has 0 aliphatic rings. The summed E-state index contributed by atoms with van der Waals surface area (Å²) in [5.41, 5.74) is 10.5. The van der Waals surface area contributed by atoms with E-state index in [0.717, 1.165) is 16.5 Å². The highest BCUT2D eigenvalue weighted by Crippen LogP contribution is 2.21. The molecular weight excluding hydrogens is 242 g/mol. The molecule has 0 aliphatic carbocycles. The SMILES string of the molecule is Cc1cnc(SCc2ccc(CN)cc2C)nc1. The van der Waals surface area contributed by atoms with Crippen LogP contribution < -0.4 is 5.73 Å². The van der Waals surface area contributed by atoms with Crippen molar-refractivity contribution in [2.75, 3.05) is 0 Å². The van der Waals surface area contributed by atoms with E-state index in [0.29, 0.717) is 6.54 Å². The van der Waals surface area contributed by atoms with Crippen LogP contribution in [0.2, 0.25) is 0 Å². The van der Waals surface area contributed by atoms with Gasteiger partial charge in [-0.15, -0.1) is 0 Å². The standard InChI is InChI=1S/C14H17N3S/c1-10-7-16-14(17-8-10)18-9-13-4-3-12(6-15)5-11(13)2/h3-5,7-8H,6,9,15H2,1-2H3. The molecule has 0 saturated carbocycles. The van der Waals surface area contributed by atoms with Crippen LogP contribution in [0.25, 0.3) is 0 Å². The average Bonchev–Trinajstić information content (AvgIpc) is 2.39. The highest BCUT2D eigenvalue weighted by molar-refractivity contribution is 7.98. The third-order valence-electron chi connectivity index (χ3n) is 2.76. The van der Waals surface area contributed by atoms with Crippen LogP contribution in [0.1, 0.15) is 22.3 Å². The van der Waals surface area contributed by atoms with E-state index in [4.69, 9.17) is 5.73 Å². The molecule has 0 bridgehead atoms. The Balaban J connectivity index is 2.04. The van der Waals surface area contributed by atoms with Crippen LogP contribution in [0.3, 0.4) is 0 Å². The fourth-order valence-corrected chi connectivity index (χ4v) is 2.51. The summed E-state index contributed by atoms with van der Waals surface area (Å²) < 4.78 is 0. The first-order valence-corrected chi connectivity index (χ1v) is 6.87. The number of nitrogens with zero attached hydrogens (tertiary/aromatic N) is 2. The monoisotopic (exact) mass is 259 g/mol. The summed E-state index contributed by atoms with van der Waals surface area (Å²) in [6.45, 7) is 4.70. The molecule has 1 aromatic carbocycles. The molecule has 2 N–H and O–H groups in total. The molecule has 0 amide bonds. The number of hydrogen-bond donors (Lipinski definition) is 1. The van der Waals surface area contributed by atoms with Gasteiger partial charge in [-0.05, 0) is 36.1 Å². The topological polar surface area (TPSA) is 51.8 Å². The van der Waals surface area contributed by atoms with Crippen molar-refractivity contribution in [1.82, 2.24) is 9.97 Å². The van der Waals surface area contributed by atoms with Crippen LogP contribution >= 0.6 is 11.8 Å². The predicted octanol–water partition coefficient (Wildman–Crippen LogP) is 2.84. The number of thioether (sulfide) groups is 1. The average molecular weight is 259 g/mol. The summed E-state index contributed by atoms with van der Waals surface area (Å²) in [4.78, 5) is 8.58. The molecular formula is C14H17N3S. The molecule has 0 unspecified atom stereocenters. The molecule has 0 aliphatic heterocycles. The third-order valence-corrected chi connectivity index (χ3v) is 3.68. The maximum atomic E-state index is 5.62. The Bertz CT molecular complexity index is 523. The van der Waals surface area contributed by atoms with Gasteiger partial charge in [0.25, 0.3) is 0 Å². The van der Waals surface area contributed by atoms with E-state index in [1.54, 1.807) is 11.8 Å². The van der Waals surface area contributed by atoms with Crippen molar-refractivity contribution in [2.45, 2.75) is 31.3 Å². The minimum absolute atomic E-state index is 0.593. The maximum absolute atomic E-state index is 5.62. The van der Waals surface area contributed by atoms with Gasteiger partial charge in [0.15, 0.2) is 5.16 Å². The van der Waals surface area contributed by atoms with Crippen molar-refractivity contribution in [2.24, 2.45) is 5.73 Å². The Morgan fingerprint density at radius 3 is 2.50 bits per heavy atom. The van der Waals surface area contributed by atoms with Gasteiger partial charge in [0.2, 0.25) is 0 Å². The Morgan fingerprint density at radius 2 is 1.89 bits per heavy atom. The molecule has 1 aromatic heterocycles.